The van der Waals surface area contributed by atoms with Crippen LogP contribution in [0.1, 0.15) is 65.7 Å². The third-order valence-electron chi connectivity index (χ3n) is 4.47. The highest BCUT2D eigenvalue weighted by atomic mass is 16.2. The van der Waals surface area contributed by atoms with Gasteiger partial charge in [-0.3, -0.25) is 9.59 Å². The van der Waals surface area contributed by atoms with Crippen LogP contribution in [0.2, 0.25) is 0 Å². The van der Waals surface area contributed by atoms with E-state index in [9.17, 15) is 9.59 Å². The Labute approximate surface area is 128 Å². The number of hydrogen-bond acceptors (Lipinski definition) is 3. The van der Waals surface area contributed by atoms with Crippen LogP contribution in [0.15, 0.2) is 0 Å². The Balaban J connectivity index is 2.88. The Bertz CT molecular complexity index is 347. The zero-order chi connectivity index (χ0) is 15.9. The number of carbonyl (C=O) groups is 2. The van der Waals surface area contributed by atoms with Gasteiger partial charge in [0, 0.05) is 13.1 Å². The minimum atomic E-state index is -0.729. The molecule has 1 unspecified atom stereocenters. The zero-order valence-corrected chi connectivity index (χ0v) is 13.8. The molecule has 0 spiro atoms. The first kappa shape index (κ1) is 18.0. The molecule has 1 aliphatic rings. The van der Waals surface area contributed by atoms with E-state index in [1.807, 2.05) is 25.7 Å². The van der Waals surface area contributed by atoms with Crippen LogP contribution in [0.5, 0.6) is 0 Å². The molecule has 1 rings (SSSR count). The average Bonchev–Trinajstić information content (AvgIpc) is 2.49. The van der Waals surface area contributed by atoms with Crippen molar-refractivity contribution in [2.75, 3.05) is 13.1 Å². The molecule has 1 aliphatic carbocycles. The molecule has 122 valence electrons. The Morgan fingerprint density at radius 1 is 1.14 bits per heavy atom. The van der Waals surface area contributed by atoms with Crippen LogP contribution in [0, 0.1) is 0 Å². The average molecular weight is 297 g/mol. The highest BCUT2D eigenvalue weighted by Gasteiger charge is 2.43. The van der Waals surface area contributed by atoms with Crippen molar-refractivity contribution < 1.29 is 9.59 Å². The Morgan fingerprint density at radius 3 is 2.19 bits per heavy atom. The van der Waals surface area contributed by atoms with Crippen LogP contribution >= 0.6 is 0 Å². The van der Waals surface area contributed by atoms with Crippen LogP contribution in [0.3, 0.4) is 0 Å². The molecule has 1 saturated carbocycles. The zero-order valence-electron chi connectivity index (χ0n) is 13.8. The first-order valence-corrected chi connectivity index (χ1v) is 8.37. The van der Waals surface area contributed by atoms with Crippen molar-refractivity contribution in [2.24, 2.45) is 5.73 Å². The minimum absolute atomic E-state index is 0.0595. The lowest BCUT2D eigenvalue weighted by molar-refractivity contribution is -0.143. The highest BCUT2D eigenvalue weighted by Crippen LogP contribution is 2.30. The Kier molecular flexibility index (Phi) is 7.15. The third kappa shape index (κ3) is 4.43. The molecule has 3 N–H and O–H groups in total. The first-order valence-electron chi connectivity index (χ1n) is 8.37. The van der Waals surface area contributed by atoms with Crippen LogP contribution in [0.25, 0.3) is 0 Å². The van der Waals surface area contributed by atoms with Gasteiger partial charge in [-0.25, -0.2) is 0 Å². The van der Waals surface area contributed by atoms with Crippen LogP contribution in [-0.2, 0) is 9.59 Å². The number of nitrogens with two attached hydrogens (primary N) is 1. The molecule has 0 aromatic heterocycles. The van der Waals surface area contributed by atoms with E-state index in [-0.39, 0.29) is 11.8 Å². The van der Waals surface area contributed by atoms with Gasteiger partial charge in [0.05, 0.1) is 6.04 Å². The summed E-state index contributed by atoms with van der Waals surface area (Å²) in [6.07, 6.45) is 6.07. The maximum atomic E-state index is 12.9. The van der Waals surface area contributed by atoms with Gasteiger partial charge in [-0.1, -0.05) is 32.6 Å². The van der Waals surface area contributed by atoms with Gasteiger partial charge in [0.15, 0.2) is 0 Å². The standard InChI is InChI=1S/C16H31N3O2/c1-4-10-13(17)14(20)18-16(11-8-7-9-12-16)15(21)19(5-2)6-3/h13H,4-12,17H2,1-3H3,(H,18,20). The lowest BCUT2D eigenvalue weighted by Gasteiger charge is -2.40. The molecule has 5 heteroatoms. The quantitative estimate of drug-likeness (QED) is 0.752. The highest BCUT2D eigenvalue weighted by molar-refractivity contribution is 5.93. The molecule has 2 amide bonds. The summed E-state index contributed by atoms with van der Waals surface area (Å²) in [5.41, 5.74) is 5.18. The van der Waals surface area contributed by atoms with Crippen LogP contribution < -0.4 is 11.1 Å². The molecule has 0 aromatic carbocycles. The summed E-state index contributed by atoms with van der Waals surface area (Å²) in [6, 6.07) is -0.515. The predicted octanol–water partition coefficient (Wildman–Crippen LogP) is 1.80. The fourth-order valence-corrected chi connectivity index (χ4v) is 3.13. The normalized spacial score (nSPS) is 18.9. The van der Waals surface area contributed by atoms with Crippen molar-refractivity contribution in [3.05, 3.63) is 0 Å². The smallest absolute Gasteiger partial charge is 0.248 e. The lowest BCUT2D eigenvalue weighted by Crippen LogP contribution is -2.62. The van der Waals surface area contributed by atoms with Crippen molar-refractivity contribution in [2.45, 2.75) is 77.3 Å². The summed E-state index contributed by atoms with van der Waals surface area (Å²) in [5.74, 6) is -0.122. The molecule has 0 saturated heterocycles. The summed E-state index contributed by atoms with van der Waals surface area (Å²) < 4.78 is 0. The van der Waals surface area contributed by atoms with E-state index in [1.54, 1.807) is 0 Å². The van der Waals surface area contributed by atoms with Crippen molar-refractivity contribution >= 4 is 11.8 Å². The van der Waals surface area contributed by atoms with E-state index in [1.165, 1.54) is 0 Å². The largest absolute Gasteiger partial charge is 0.341 e. The monoisotopic (exact) mass is 297 g/mol. The molecule has 21 heavy (non-hydrogen) atoms. The van der Waals surface area contributed by atoms with E-state index in [2.05, 4.69) is 5.32 Å². The molecular weight excluding hydrogens is 266 g/mol. The van der Waals surface area contributed by atoms with Crippen molar-refractivity contribution in [1.82, 2.24) is 10.2 Å². The Hall–Kier alpha value is -1.10. The SMILES string of the molecule is CCCC(N)C(=O)NC1(C(=O)N(CC)CC)CCCCC1. The van der Waals surface area contributed by atoms with E-state index in [4.69, 9.17) is 5.73 Å². The number of likely N-dealkylation sites (N-methyl/N-ethyl adjacent to an activating group) is 1. The summed E-state index contributed by atoms with van der Waals surface area (Å²) in [7, 11) is 0. The second-order valence-corrected chi connectivity index (χ2v) is 6.00. The van der Waals surface area contributed by atoms with Gasteiger partial charge in [0.2, 0.25) is 11.8 Å². The second kappa shape index (κ2) is 8.37. The maximum absolute atomic E-state index is 12.9. The fraction of sp³-hybridized carbons (Fsp3) is 0.875. The summed E-state index contributed by atoms with van der Waals surface area (Å²) >= 11 is 0. The van der Waals surface area contributed by atoms with Crippen molar-refractivity contribution in [1.29, 1.82) is 0 Å². The summed E-state index contributed by atoms with van der Waals surface area (Å²) in [4.78, 5) is 27.0. The fourth-order valence-electron chi connectivity index (χ4n) is 3.13. The van der Waals surface area contributed by atoms with Gasteiger partial charge >= 0.3 is 0 Å². The second-order valence-electron chi connectivity index (χ2n) is 6.00. The number of rotatable bonds is 7. The van der Waals surface area contributed by atoms with Crippen LogP contribution in [-0.4, -0.2) is 41.4 Å². The molecular formula is C16H31N3O2. The minimum Gasteiger partial charge on any atom is -0.341 e. The van der Waals surface area contributed by atoms with E-state index in [0.717, 1.165) is 38.5 Å². The Morgan fingerprint density at radius 2 is 1.71 bits per heavy atom. The number of hydrogen-bond donors (Lipinski definition) is 2. The third-order valence-corrected chi connectivity index (χ3v) is 4.47. The summed E-state index contributed by atoms with van der Waals surface area (Å²) in [5, 5.41) is 3.01. The van der Waals surface area contributed by atoms with Gasteiger partial charge in [-0.2, -0.15) is 0 Å². The molecule has 0 heterocycles. The van der Waals surface area contributed by atoms with E-state index in [0.29, 0.717) is 19.5 Å². The number of amides is 2. The number of nitrogens with zero attached hydrogens (tertiary/aromatic N) is 1. The molecule has 1 fully saturated rings. The first-order chi connectivity index (χ1) is 10.0. The number of carbonyl (C=O) groups excluding carboxylic acids is 2. The molecule has 0 bridgehead atoms. The van der Waals surface area contributed by atoms with Crippen molar-refractivity contribution in [3.8, 4) is 0 Å². The van der Waals surface area contributed by atoms with Crippen LogP contribution in [0.4, 0.5) is 0 Å². The predicted molar refractivity (Wildman–Crippen MR) is 84.8 cm³/mol. The van der Waals surface area contributed by atoms with Gasteiger partial charge < -0.3 is 16.0 Å². The lowest BCUT2D eigenvalue weighted by atomic mass is 9.80. The molecule has 0 radical (unpaired) electrons. The maximum Gasteiger partial charge on any atom is 0.248 e. The van der Waals surface area contributed by atoms with Gasteiger partial charge in [0.25, 0.3) is 0 Å². The molecule has 0 aliphatic heterocycles. The van der Waals surface area contributed by atoms with E-state index < -0.39 is 11.6 Å². The molecule has 5 nitrogen and oxygen atoms in total. The van der Waals surface area contributed by atoms with Gasteiger partial charge in [-0.15, -0.1) is 0 Å². The van der Waals surface area contributed by atoms with Gasteiger partial charge in [0.1, 0.15) is 5.54 Å². The van der Waals surface area contributed by atoms with Gasteiger partial charge in [-0.05, 0) is 33.1 Å². The van der Waals surface area contributed by atoms with Crippen molar-refractivity contribution in [3.63, 3.8) is 0 Å². The number of nitrogens with one attached hydrogen (secondary N) is 1. The molecule has 0 aromatic rings. The summed E-state index contributed by atoms with van der Waals surface area (Å²) in [6.45, 7) is 7.30. The molecule has 1 atom stereocenters. The topological polar surface area (TPSA) is 75.4 Å². The van der Waals surface area contributed by atoms with E-state index >= 15 is 0 Å².